The number of fused-ring (bicyclic) bond motifs is 1. The number of quaternary nitrogens is 1. The highest BCUT2D eigenvalue weighted by molar-refractivity contribution is 5.79. The van der Waals surface area contributed by atoms with E-state index in [1.54, 1.807) is 18.2 Å². The molecule has 1 aliphatic rings. The van der Waals surface area contributed by atoms with E-state index >= 15 is 0 Å². The average molecular weight is 455 g/mol. The number of aliphatic hydroxyl groups is 1. The van der Waals surface area contributed by atoms with Crippen LogP contribution in [0, 0.1) is 0 Å². The Labute approximate surface area is 193 Å². The molecule has 3 aromatic rings. The maximum atomic E-state index is 12.9. The SMILES string of the molecule is CC(C)(C)c1ccc(Oc2coc3cc(OCC(O)C[NH+]4CCOCC4)ccc3c2=O)cc1. The van der Waals surface area contributed by atoms with Crippen LogP contribution in [0.1, 0.15) is 26.3 Å². The molecule has 2 N–H and O–H groups in total. The lowest BCUT2D eigenvalue weighted by atomic mass is 9.87. The van der Waals surface area contributed by atoms with Crippen LogP contribution < -0.4 is 19.8 Å². The molecule has 2 aromatic carbocycles. The van der Waals surface area contributed by atoms with Gasteiger partial charge in [-0.05, 0) is 35.2 Å². The molecule has 0 spiro atoms. The molecule has 1 fully saturated rings. The molecule has 1 saturated heterocycles. The summed E-state index contributed by atoms with van der Waals surface area (Å²) in [6, 6.07) is 12.7. The number of aliphatic hydroxyl groups excluding tert-OH is 1. The van der Waals surface area contributed by atoms with Crippen molar-refractivity contribution in [3.63, 3.8) is 0 Å². The van der Waals surface area contributed by atoms with Crippen LogP contribution in [0.2, 0.25) is 0 Å². The Bertz CT molecular complexity index is 1130. The van der Waals surface area contributed by atoms with E-state index in [1.165, 1.54) is 16.7 Å². The van der Waals surface area contributed by atoms with E-state index in [0.717, 1.165) is 26.3 Å². The second-order valence-corrected chi connectivity index (χ2v) is 9.49. The lowest BCUT2D eigenvalue weighted by Gasteiger charge is -2.25. The molecule has 0 radical (unpaired) electrons. The van der Waals surface area contributed by atoms with Gasteiger partial charge < -0.3 is 28.6 Å². The zero-order valence-corrected chi connectivity index (χ0v) is 19.4. The molecule has 4 rings (SSSR count). The number of benzene rings is 2. The van der Waals surface area contributed by atoms with Crippen molar-refractivity contribution in [3.8, 4) is 17.2 Å². The molecule has 0 saturated carbocycles. The minimum atomic E-state index is -0.582. The van der Waals surface area contributed by atoms with Crippen molar-refractivity contribution in [3.05, 3.63) is 64.5 Å². The largest absolute Gasteiger partial charge is 0.491 e. The minimum Gasteiger partial charge on any atom is -0.491 e. The molecule has 7 heteroatoms. The zero-order valence-electron chi connectivity index (χ0n) is 19.4. The Morgan fingerprint density at radius 1 is 1.06 bits per heavy atom. The third kappa shape index (κ3) is 5.93. The Balaban J connectivity index is 1.41. The summed E-state index contributed by atoms with van der Waals surface area (Å²) >= 11 is 0. The molecule has 0 aliphatic carbocycles. The number of morpholine rings is 1. The van der Waals surface area contributed by atoms with Gasteiger partial charge in [-0.3, -0.25) is 4.79 Å². The molecule has 1 aromatic heterocycles. The highest BCUT2D eigenvalue weighted by atomic mass is 16.5. The number of nitrogens with one attached hydrogen (secondary N) is 1. The first kappa shape index (κ1) is 23.3. The van der Waals surface area contributed by atoms with Crippen LogP contribution in [0.5, 0.6) is 17.2 Å². The quantitative estimate of drug-likeness (QED) is 0.571. The van der Waals surface area contributed by atoms with Gasteiger partial charge in [0, 0.05) is 6.07 Å². The lowest BCUT2D eigenvalue weighted by molar-refractivity contribution is -0.911. The van der Waals surface area contributed by atoms with E-state index in [1.807, 2.05) is 24.3 Å². The average Bonchev–Trinajstić information content (AvgIpc) is 2.80. The number of ether oxygens (including phenoxy) is 3. The Hall–Kier alpha value is -2.87. The molecular formula is C26H32NO6+. The summed E-state index contributed by atoms with van der Waals surface area (Å²) in [5.74, 6) is 1.24. The maximum Gasteiger partial charge on any atom is 0.235 e. The van der Waals surface area contributed by atoms with Gasteiger partial charge in [0.1, 0.15) is 55.7 Å². The molecule has 2 heterocycles. The summed E-state index contributed by atoms with van der Waals surface area (Å²) in [6.45, 7) is 10.4. The molecule has 1 unspecified atom stereocenters. The number of hydrogen-bond acceptors (Lipinski definition) is 6. The zero-order chi connectivity index (χ0) is 23.4. The minimum absolute atomic E-state index is 0.0417. The Morgan fingerprint density at radius 2 is 1.76 bits per heavy atom. The fourth-order valence-electron chi connectivity index (χ4n) is 3.85. The molecule has 176 valence electrons. The Morgan fingerprint density at radius 3 is 2.45 bits per heavy atom. The van der Waals surface area contributed by atoms with Crippen LogP contribution in [0.3, 0.4) is 0 Å². The van der Waals surface area contributed by atoms with Gasteiger partial charge in [-0.25, -0.2) is 0 Å². The van der Waals surface area contributed by atoms with Crippen LogP contribution >= 0.6 is 0 Å². The van der Waals surface area contributed by atoms with Gasteiger partial charge in [-0.15, -0.1) is 0 Å². The van der Waals surface area contributed by atoms with Crippen molar-refractivity contribution in [2.45, 2.75) is 32.3 Å². The molecule has 0 bridgehead atoms. The Kier molecular flexibility index (Phi) is 7.02. The summed E-state index contributed by atoms with van der Waals surface area (Å²) in [5, 5.41) is 10.7. The molecule has 1 atom stereocenters. The van der Waals surface area contributed by atoms with E-state index < -0.39 is 6.10 Å². The highest BCUT2D eigenvalue weighted by Crippen LogP contribution is 2.27. The highest BCUT2D eigenvalue weighted by Gasteiger charge is 2.19. The predicted octanol–water partition coefficient (Wildman–Crippen LogP) is 2.54. The van der Waals surface area contributed by atoms with Gasteiger partial charge in [0.15, 0.2) is 0 Å². The normalized spacial score (nSPS) is 16.0. The van der Waals surface area contributed by atoms with Crippen molar-refractivity contribution in [2.24, 2.45) is 0 Å². The third-order valence-electron chi connectivity index (χ3n) is 5.83. The fraction of sp³-hybridized carbons (Fsp3) is 0.423. The topological polar surface area (TPSA) is 82.6 Å². The summed E-state index contributed by atoms with van der Waals surface area (Å²) in [6.07, 6.45) is 0.740. The first-order valence-electron chi connectivity index (χ1n) is 11.4. The number of rotatable bonds is 7. The molecular weight excluding hydrogens is 422 g/mol. The monoisotopic (exact) mass is 454 g/mol. The first-order chi connectivity index (χ1) is 15.8. The number of hydrogen-bond donors (Lipinski definition) is 2. The summed E-state index contributed by atoms with van der Waals surface area (Å²) < 4.78 is 22.5. The van der Waals surface area contributed by atoms with Gasteiger partial charge in [-0.1, -0.05) is 32.9 Å². The van der Waals surface area contributed by atoms with E-state index in [-0.39, 0.29) is 23.2 Å². The lowest BCUT2D eigenvalue weighted by Crippen LogP contribution is -3.15. The van der Waals surface area contributed by atoms with Crippen LogP contribution in [0.4, 0.5) is 0 Å². The van der Waals surface area contributed by atoms with Crippen molar-refractivity contribution in [1.82, 2.24) is 0 Å². The second kappa shape index (κ2) is 9.95. The standard InChI is InChI=1S/C26H31NO6/c1-26(2,3)18-4-6-20(7-5-18)33-24-17-32-23-14-21(8-9-22(23)25(24)29)31-16-19(28)15-27-10-12-30-13-11-27/h4-9,14,17,19,28H,10-13,15-16H2,1-3H3/p+1. The van der Waals surface area contributed by atoms with Crippen molar-refractivity contribution >= 4 is 11.0 Å². The fourth-order valence-corrected chi connectivity index (χ4v) is 3.85. The van der Waals surface area contributed by atoms with Gasteiger partial charge in [0.2, 0.25) is 11.2 Å². The molecule has 7 nitrogen and oxygen atoms in total. The predicted molar refractivity (Wildman–Crippen MR) is 126 cm³/mol. The second-order valence-electron chi connectivity index (χ2n) is 9.49. The van der Waals surface area contributed by atoms with Crippen molar-refractivity contribution in [2.75, 3.05) is 39.5 Å². The van der Waals surface area contributed by atoms with Crippen molar-refractivity contribution < 1.29 is 28.6 Å². The van der Waals surface area contributed by atoms with Crippen LogP contribution in [-0.2, 0) is 10.2 Å². The van der Waals surface area contributed by atoms with Gasteiger partial charge in [0.05, 0.1) is 18.6 Å². The summed E-state index contributed by atoms with van der Waals surface area (Å²) in [4.78, 5) is 14.2. The van der Waals surface area contributed by atoms with Crippen molar-refractivity contribution in [1.29, 1.82) is 0 Å². The van der Waals surface area contributed by atoms with Gasteiger partial charge in [0.25, 0.3) is 0 Å². The van der Waals surface area contributed by atoms with Crippen LogP contribution in [-0.4, -0.2) is 50.7 Å². The smallest absolute Gasteiger partial charge is 0.235 e. The van der Waals surface area contributed by atoms with E-state index in [4.69, 9.17) is 18.6 Å². The maximum absolute atomic E-state index is 12.9. The van der Waals surface area contributed by atoms with E-state index in [2.05, 4.69) is 20.8 Å². The first-order valence-corrected chi connectivity index (χ1v) is 11.4. The summed E-state index contributed by atoms with van der Waals surface area (Å²) in [5.41, 5.74) is 1.38. The van der Waals surface area contributed by atoms with E-state index in [9.17, 15) is 9.90 Å². The van der Waals surface area contributed by atoms with Crippen LogP contribution in [0.25, 0.3) is 11.0 Å². The van der Waals surface area contributed by atoms with E-state index in [0.29, 0.717) is 29.0 Å². The molecule has 1 aliphatic heterocycles. The molecule has 33 heavy (non-hydrogen) atoms. The van der Waals surface area contributed by atoms with Gasteiger partial charge in [-0.2, -0.15) is 0 Å². The third-order valence-corrected chi connectivity index (χ3v) is 5.83. The van der Waals surface area contributed by atoms with Crippen LogP contribution in [0.15, 0.2) is 57.9 Å². The summed E-state index contributed by atoms with van der Waals surface area (Å²) in [7, 11) is 0. The van der Waals surface area contributed by atoms with Gasteiger partial charge >= 0.3 is 0 Å². The molecule has 0 amide bonds.